The molecule has 164 valence electrons. The molecule has 1 unspecified atom stereocenters. The van der Waals surface area contributed by atoms with E-state index in [1.807, 2.05) is 81.6 Å². The number of benzene rings is 1. The molecule has 1 atom stereocenters. The normalized spacial score (nSPS) is 17.4. The molecule has 2 aromatic rings. The Bertz CT molecular complexity index is 910. The minimum atomic E-state index is -0.521. The molecule has 2 amide bonds. The van der Waals surface area contributed by atoms with Gasteiger partial charge in [0.05, 0.1) is 5.56 Å². The zero-order chi connectivity index (χ0) is 22.1. The Labute approximate surface area is 179 Å². The molecule has 3 rings (SSSR count). The van der Waals surface area contributed by atoms with Crippen molar-refractivity contribution in [3.05, 3.63) is 36.0 Å². The smallest absolute Gasteiger partial charge is 0.410 e. The summed E-state index contributed by atoms with van der Waals surface area (Å²) in [4.78, 5) is 29.7. The lowest BCUT2D eigenvalue weighted by Crippen LogP contribution is -2.48. The van der Waals surface area contributed by atoms with Crippen LogP contribution in [0.5, 0.6) is 0 Å². The highest BCUT2D eigenvalue weighted by Gasteiger charge is 2.31. The van der Waals surface area contributed by atoms with E-state index in [0.717, 1.165) is 35.9 Å². The first-order valence-electron chi connectivity index (χ1n) is 10.9. The number of piperidine rings is 1. The molecule has 0 spiro atoms. The van der Waals surface area contributed by atoms with Gasteiger partial charge in [0.2, 0.25) is 0 Å². The first-order valence-corrected chi connectivity index (χ1v) is 10.9. The second-order valence-corrected chi connectivity index (χ2v) is 9.66. The van der Waals surface area contributed by atoms with E-state index in [1.165, 1.54) is 0 Å². The average molecular weight is 414 g/mol. The van der Waals surface area contributed by atoms with Crippen LogP contribution in [0, 0.1) is 5.92 Å². The van der Waals surface area contributed by atoms with Crippen LogP contribution >= 0.6 is 0 Å². The maximum atomic E-state index is 13.3. The van der Waals surface area contributed by atoms with E-state index in [0.29, 0.717) is 13.1 Å². The van der Waals surface area contributed by atoms with Crippen molar-refractivity contribution in [2.75, 3.05) is 19.6 Å². The molecule has 0 bridgehead atoms. The highest BCUT2D eigenvalue weighted by atomic mass is 16.6. The Balaban J connectivity index is 1.72. The van der Waals surface area contributed by atoms with E-state index in [9.17, 15) is 9.59 Å². The maximum Gasteiger partial charge on any atom is 0.410 e. The van der Waals surface area contributed by atoms with Gasteiger partial charge in [0, 0.05) is 49.8 Å². The average Bonchev–Trinajstić information content (AvgIpc) is 3.01. The third kappa shape index (κ3) is 4.97. The van der Waals surface area contributed by atoms with Gasteiger partial charge in [-0.2, -0.15) is 0 Å². The fraction of sp³-hybridized carbons (Fsp3) is 0.583. The van der Waals surface area contributed by atoms with Gasteiger partial charge < -0.3 is 19.1 Å². The molecular formula is C24H35N3O3. The van der Waals surface area contributed by atoms with Crippen LogP contribution in [-0.4, -0.2) is 57.6 Å². The number of likely N-dealkylation sites (tertiary alicyclic amines) is 1. The number of fused-ring (bicyclic) bond motifs is 1. The van der Waals surface area contributed by atoms with Gasteiger partial charge in [-0.1, -0.05) is 18.2 Å². The molecule has 1 aliphatic rings. The number of amides is 2. The van der Waals surface area contributed by atoms with Gasteiger partial charge in [0.25, 0.3) is 5.91 Å². The number of aromatic nitrogens is 1. The quantitative estimate of drug-likeness (QED) is 0.731. The molecular weight excluding hydrogens is 378 g/mol. The van der Waals surface area contributed by atoms with Crippen LogP contribution in [0.1, 0.15) is 57.8 Å². The molecule has 1 aliphatic heterocycles. The number of rotatable bonds is 4. The Morgan fingerprint density at radius 1 is 1.23 bits per heavy atom. The molecule has 2 heterocycles. The molecule has 1 fully saturated rings. The SMILES string of the molecule is CC(C)N(CC1CCCN(C(=O)c2cn(C)c3ccccc23)C1)C(=O)OC(C)(C)C. The number of ether oxygens (including phenoxy) is 1. The van der Waals surface area contributed by atoms with Crippen molar-refractivity contribution < 1.29 is 14.3 Å². The first kappa shape index (κ1) is 22.2. The summed E-state index contributed by atoms with van der Waals surface area (Å²) in [5, 5.41) is 0.990. The van der Waals surface area contributed by atoms with Gasteiger partial charge in [0.15, 0.2) is 0 Å². The summed E-state index contributed by atoms with van der Waals surface area (Å²) in [6.45, 7) is 11.7. The topological polar surface area (TPSA) is 54.8 Å². The van der Waals surface area contributed by atoms with E-state index in [2.05, 4.69) is 0 Å². The summed E-state index contributed by atoms with van der Waals surface area (Å²) in [6.07, 6.45) is 3.60. The number of carbonyl (C=O) groups is 2. The van der Waals surface area contributed by atoms with Crippen LogP contribution in [0.25, 0.3) is 10.9 Å². The van der Waals surface area contributed by atoms with Crippen LogP contribution in [0.15, 0.2) is 30.5 Å². The fourth-order valence-electron chi connectivity index (χ4n) is 4.18. The van der Waals surface area contributed by atoms with E-state index in [-0.39, 0.29) is 24.0 Å². The molecule has 0 N–H and O–H groups in total. The summed E-state index contributed by atoms with van der Waals surface area (Å²) >= 11 is 0. The third-order valence-corrected chi connectivity index (χ3v) is 5.64. The zero-order valence-corrected chi connectivity index (χ0v) is 19.1. The minimum absolute atomic E-state index is 0.0454. The van der Waals surface area contributed by atoms with Gasteiger partial charge in [-0.05, 0) is 59.4 Å². The lowest BCUT2D eigenvalue weighted by Gasteiger charge is -2.37. The number of nitrogens with zero attached hydrogens (tertiary/aromatic N) is 3. The lowest BCUT2D eigenvalue weighted by atomic mass is 9.96. The number of carbonyl (C=O) groups excluding carboxylic acids is 2. The molecule has 30 heavy (non-hydrogen) atoms. The molecule has 0 saturated carbocycles. The Morgan fingerprint density at radius 3 is 2.60 bits per heavy atom. The zero-order valence-electron chi connectivity index (χ0n) is 19.1. The predicted octanol–water partition coefficient (Wildman–Crippen LogP) is 4.68. The van der Waals surface area contributed by atoms with Crippen molar-refractivity contribution >= 4 is 22.9 Å². The molecule has 0 aliphatic carbocycles. The lowest BCUT2D eigenvalue weighted by molar-refractivity contribution is 0.0124. The van der Waals surface area contributed by atoms with Gasteiger partial charge in [-0.15, -0.1) is 0 Å². The van der Waals surface area contributed by atoms with Crippen LogP contribution in [0.3, 0.4) is 0 Å². The Kier molecular flexibility index (Phi) is 6.44. The number of para-hydroxylation sites is 1. The van der Waals surface area contributed by atoms with E-state index in [4.69, 9.17) is 4.74 Å². The summed E-state index contributed by atoms with van der Waals surface area (Å²) in [5.41, 5.74) is 1.29. The Hall–Kier alpha value is -2.50. The van der Waals surface area contributed by atoms with Crippen molar-refractivity contribution in [3.63, 3.8) is 0 Å². The summed E-state index contributed by atoms with van der Waals surface area (Å²) in [7, 11) is 1.97. The number of hydrogen-bond acceptors (Lipinski definition) is 3. The first-order chi connectivity index (χ1) is 14.1. The maximum absolute atomic E-state index is 13.3. The highest BCUT2D eigenvalue weighted by Crippen LogP contribution is 2.26. The standard InChI is InChI=1S/C24H35N3O3/c1-17(2)27(23(29)30-24(3,4)5)15-18-10-9-13-26(14-18)22(28)20-16-25(6)21-12-8-7-11-19(20)21/h7-8,11-12,16-18H,9-10,13-15H2,1-6H3. The van der Waals surface area contributed by atoms with Crippen molar-refractivity contribution in [2.24, 2.45) is 13.0 Å². The van der Waals surface area contributed by atoms with Crippen molar-refractivity contribution in [1.29, 1.82) is 0 Å². The van der Waals surface area contributed by atoms with E-state index >= 15 is 0 Å². The van der Waals surface area contributed by atoms with E-state index < -0.39 is 5.60 Å². The summed E-state index contributed by atoms with van der Waals surface area (Å²) in [6, 6.07) is 8.05. The van der Waals surface area contributed by atoms with Gasteiger partial charge >= 0.3 is 6.09 Å². The van der Waals surface area contributed by atoms with Crippen LogP contribution in [0.4, 0.5) is 4.79 Å². The summed E-state index contributed by atoms with van der Waals surface area (Å²) < 4.78 is 7.61. The molecule has 1 aromatic heterocycles. The van der Waals surface area contributed by atoms with Gasteiger partial charge in [0.1, 0.15) is 5.60 Å². The molecule has 1 aromatic carbocycles. The van der Waals surface area contributed by atoms with E-state index in [1.54, 1.807) is 4.90 Å². The van der Waals surface area contributed by atoms with Crippen molar-refractivity contribution in [1.82, 2.24) is 14.4 Å². The second-order valence-electron chi connectivity index (χ2n) is 9.66. The number of hydrogen-bond donors (Lipinski definition) is 0. The largest absolute Gasteiger partial charge is 0.444 e. The molecule has 6 nitrogen and oxygen atoms in total. The highest BCUT2D eigenvalue weighted by molar-refractivity contribution is 6.07. The molecule has 6 heteroatoms. The monoisotopic (exact) mass is 413 g/mol. The number of aryl methyl sites for hydroxylation is 1. The van der Waals surface area contributed by atoms with Gasteiger partial charge in [-0.3, -0.25) is 4.79 Å². The van der Waals surface area contributed by atoms with Crippen LogP contribution in [0.2, 0.25) is 0 Å². The fourth-order valence-corrected chi connectivity index (χ4v) is 4.18. The summed E-state index contributed by atoms with van der Waals surface area (Å²) in [5.74, 6) is 0.317. The Morgan fingerprint density at radius 2 is 1.93 bits per heavy atom. The second kappa shape index (κ2) is 8.70. The minimum Gasteiger partial charge on any atom is -0.444 e. The predicted molar refractivity (Wildman–Crippen MR) is 120 cm³/mol. The van der Waals surface area contributed by atoms with Crippen LogP contribution in [-0.2, 0) is 11.8 Å². The van der Waals surface area contributed by atoms with Crippen LogP contribution < -0.4 is 0 Å². The molecule has 0 radical (unpaired) electrons. The third-order valence-electron chi connectivity index (χ3n) is 5.64. The molecule has 1 saturated heterocycles. The van der Waals surface area contributed by atoms with Crippen molar-refractivity contribution in [2.45, 2.75) is 59.1 Å². The van der Waals surface area contributed by atoms with Crippen molar-refractivity contribution in [3.8, 4) is 0 Å². The van der Waals surface area contributed by atoms with Gasteiger partial charge in [-0.25, -0.2) is 4.79 Å².